The highest BCUT2D eigenvalue weighted by Gasteiger charge is 2.22. The van der Waals surface area contributed by atoms with Crippen molar-refractivity contribution in [1.29, 1.82) is 0 Å². The summed E-state index contributed by atoms with van der Waals surface area (Å²) in [6.45, 7) is 5.71. The number of carbonyl (C=O) groups excluding carboxylic acids is 1. The molecule has 0 aromatic carbocycles. The molecule has 1 saturated heterocycles. The van der Waals surface area contributed by atoms with Crippen LogP contribution in [0.5, 0.6) is 0 Å². The van der Waals surface area contributed by atoms with Gasteiger partial charge in [-0.1, -0.05) is 6.92 Å². The fraction of sp³-hybridized carbons (Fsp3) is 0.909. The number of nitrogens with zero attached hydrogens (tertiary/aromatic N) is 1. The summed E-state index contributed by atoms with van der Waals surface area (Å²) in [6.07, 6.45) is 3.20. The lowest BCUT2D eigenvalue weighted by Crippen LogP contribution is -2.48. The van der Waals surface area contributed by atoms with Crippen LogP contribution in [0, 0.1) is 0 Å². The normalized spacial score (nSPS) is 20.1. The van der Waals surface area contributed by atoms with Crippen LogP contribution in [-0.2, 0) is 4.74 Å². The van der Waals surface area contributed by atoms with E-state index in [0.717, 1.165) is 32.4 Å². The molecule has 88 valence electrons. The van der Waals surface area contributed by atoms with Crippen LogP contribution < -0.4 is 5.32 Å². The Kier molecular flexibility index (Phi) is 4.88. The van der Waals surface area contributed by atoms with Gasteiger partial charge in [-0.15, -0.1) is 0 Å². The van der Waals surface area contributed by atoms with Crippen molar-refractivity contribution < 1.29 is 9.53 Å². The Labute approximate surface area is 92.0 Å². The van der Waals surface area contributed by atoms with E-state index < -0.39 is 0 Å². The van der Waals surface area contributed by atoms with Crippen molar-refractivity contribution in [3.8, 4) is 0 Å². The predicted molar refractivity (Wildman–Crippen MR) is 59.9 cm³/mol. The van der Waals surface area contributed by atoms with E-state index in [4.69, 9.17) is 4.74 Å². The highest BCUT2D eigenvalue weighted by Crippen LogP contribution is 2.12. The Morgan fingerprint density at radius 2 is 2.13 bits per heavy atom. The molecule has 1 aliphatic rings. The molecule has 0 radical (unpaired) electrons. The fourth-order valence-electron chi connectivity index (χ4n) is 1.70. The first-order valence-electron chi connectivity index (χ1n) is 5.75. The predicted octanol–water partition coefficient (Wildman–Crippen LogP) is 1.61. The minimum absolute atomic E-state index is 0.0684. The van der Waals surface area contributed by atoms with Crippen LogP contribution in [0.2, 0.25) is 0 Å². The average molecular weight is 214 g/mol. The summed E-state index contributed by atoms with van der Waals surface area (Å²) in [5.74, 6) is 0. The molecule has 1 aliphatic heterocycles. The number of urea groups is 1. The molecule has 0 bridgehead atoms. The van der Waals surface area contributed by atoms with E-state index in [2.05, 4.69) is 12.2 Å². The summed E-state index contributed by atoms with van der Waals surface area (Å²) >= 11 is 0. The van der Waals surface area contributed by atoms with Crippen molar-refractivity contribution >= 4 is 6.03 Å². The number of ether oxygens (including phenoxy) is 1. The highest BCUT2D eigenvalue weighted by molar-refractivity contribution is 5.74. The molecule has 1 heterocycles. The summed E-state index contributed by atoms with van der Waals surface area (Å²) in [4.78, 5) is 13.6. The number of amides is 2. The second kappa shape index (κ2) is 5.95. The smallest absolute Gasteiger partial charge is 0.317 e. The second-order valence-corrected chi connectivity index (χ2v) is 4.18. The molecule has 2 amide bonds. The molecule has 1 atom stereocenters. The molecule has 0 aromatic heterocycles. The van der Waals surface area contributed by atoms with Gasteiger partial charge in [0.05, 0.1) is 6.10 Å². The molecule has 4 heteroatoms. The third kappa shape index (κ3) is 3.70. The summed E-state index contributed by atoms with van der Waals surface area (Å²) < 4.78 is 5.26. The first kappa shape index (κ1) is 12.3. The van der Waals surface area contributed by atoms with Gasteiger partial charge in [0.25, 0.3) is 0 Å². The lowest BCUT2D eigenvalue weighted by atomic mass is 10.1. The fourth-order valence-corrected chi connectivity index (χ4v) is 1.70. The summed E-state index contributed by atoms with van der Waals surface area (Å²) in [7, 11) is 1.74. The van der Waals surface area contributed by atoms with Crippen LogP contribution >= 0.6 is 0 Å². The van der Waals surface area contributed by atoms with Crippen LogP contribution in [0.15, 0.2) is 0 Å². The zero-order chi connectivity index (χ0) is 11.3. The van der Waals surface area contributed by atoms with Crippen molar-refractivity contribution in [2.45, 2.75) is 45.3 Å². The van der Waals surface area contributed by atoms with E-state index in [1.165, 1.54) is 0 Å². The van der Waals surface area contributed by atoms with E-state index in [1.807, 2.05) is 11.8 Å². The number of piperidine rings is 1. The first-order chi connectivity index (χ1) is 7.17. The third-order valence-electron chi connectivity index (χ3n) is 3.04. The lowest BCUT2D eigenvalue weighted by molar-refractivity contribution is 0.0500. The Morgan fingerprint density at radius 3 is 2.60 bits per heavy atom. The number of carbonyl (C=O) groups is 1. The number of hydrogen-bond acceptors (Lipinski definition) is 2. The van der Waals surface area contributed by atoms with Gasteiger partial charge < -0.3 is 15.0 Å². The molecule has 15 heavy (non-hydrogen) atoms. The van der Waals surface area contributed by atoms with Gasteiger partial charge in [0, 0.05) is 26.2 Å². The zero-order valence-corrected chi connectivity index (χ0v) is 9.95. The minimum atomic E-state index is 0.0684. The van der Waals surface area contributed by atoms with Gasteiger partial charge in [-0.3, -0.25) is 0 Å². The van der Waals surface area contributed by atoms with Crippen molar-refractivity contribution in [3.63, 3.8) is 0 Å². The lowest BCUT2D eigenvalue weighted by Gasteiger charge is -2.32. The van der Waals surface area contributed by atoms with Crippen molar-refractivity contribution in [1.82, 2.24) is 10.2 Å². The first-order valence-corrected chi connectivity index (χ1v) is 5.75. The van der Waals surface area contributed by atoms with Gasteiger partial charge in [0.15, 0.2) is 0 Å². The van der Waals surface area contributed by atoms with Crippen LogP contribution in [0.3, 0.4) is 0 Å². The molecule has 0 saturated carbocycles. The van der Waals surface area contributed by atoms with Crippen LogP contribution in [-0.4, -0.2) is 43.3 Å². The minimum Gasteiger partial charge on any atom is -0.381 e. The van der Waals surface area contributed by atoms with Gasteiger partial charge in [0.2, 0.25) is 0 Å². The molecule has 1 N–H and O–H groups in total. The average Bonchev–Trinajstić information content (AvgIpc) is 2.29. The van der Waals surface area contributed by atoms with E-state index >= 15 is 0 Å². The summed E-state index contributed by atoms with van der Waals surface area (Å²) in [6, 6.07) is 0.330. The van der Waals surface area contributed by atoms with Crippen LogP contribution in [0.4, 0.5) is 4.79 Å². The Hall–Kier alpha value is -0.770. The molecule has 0 aliphatic carbocycles. The largest absolute Gasteiger partial charge is 0.381 e. The maximum absolute atomic E-state index is 11.7. The van der Waals surface area contributed by atoms with Gasteiger partial charge in [0.1, 0.15) is 0 Å². The number of likely N-dealkylation sites (tertiary alicyclic amines) is 1. The summed E-state index contributed by atoms with van der Waals surface area (Å²) in [5.41, 5.74) is 0. The van der Waals surface area contributed by atoms with E-state index in [-0.39, 0.29) is 12.1 Å². The molecular formula is C11H22N2O2. The van der Waals surface area contributed by atoms with Crippen molar-refractivity contribution in [2.75, 3.05) is 20.2 Å². The maximum Gasteiger partial charge on any atom is 0.317 e. The maximum atomic E-state index is 11.7. The number of nitrogens with one attached hydrogen (secondary N) is 1. The monoisotopic (exact) mass is 214 g/mol. The highest BCUT2D eigenvalue weighted by atomic mass is 16.5. The Bertz CT molecular complexity index is 201. The number of methoxy groups -OCH3 is 1. The quantitative estimate of drug-likeness (QED) is 0.775. The number of hydrogen-bond donors (Lipinski definition) is 1. The molecule has 1 fully saturated rings. The zero-order valence-electron chi connectivity index (χ0n) is 9.95. The third-order valence-corrected chi connectivity index (χ3v) is 3.04. The molecule has 0 spiro atoms. The van der Waals surface area contributed by atoms with Crippen LogP contribution in [0.25, 0.3) is 0 Å². The SMILES string of the molecule is CC[C@@H](C)NC(=O)N1CCC(OC)CC1. The molecule has 0 aromatic rings. The topological polar surface area (TPSA) is 41.6 Å². The molecule has 0 unspecified atom stereocenters. The molecule has 4 nitrogen and oxygen atoms in total. The van der Waals surface area contributed by atoms with Crippen LogP contribution in [0.1, 0.15) is 33.1 Å². The number of rotatable bonds is 3. The van der Waals surface area contributed by atoms with E-state index in [1.54, 1.807) is 7.11 Å². The Balaban J connectivity index is 2.30. The molecule has 1 rings (SSSR count). The van der Waals surface area contributed by atoms with Crippen molar-refractivity contribution in [3.05, 3.63) is 0 Å². The van der Waals surface area contributed by atoms with E-state index in [9.17, 15) is 4.79 Å². The molecular weight excluding hydrogens is 192 g/mol. The van der Waals surface area contributed by atoms with Gasteiger partial charge in [-0.2, -0.15) is 0 Å². The van der Waals surface area contributed by atoms with E-state index in [0.29, 0.717) is 6.10 Å². The van der Waals surface area contributed by atoms with Crippen molar-refractivity contribution in [2.24, 2.45) is 0 Å². The summed E-state index contributed by atoms with van der Waals surface area (Å²) in [5, 5.41) is 2.98. The van der Waals surface area contributed by atoms with Gasteiger partial charge >= 0.3 is 6.03 Å². The second-order valence-electron chi connectivity index (χ2n) is 4.18. The van der Waals surface area contributed by atoms with Gasteiger partial charge in [-0.05, 0) is 26.2 Å². The Morgan fingerprint density at radius 1 is 1.53 bits per heavy atom. The standard InChI is InChI=1S/C11H22N2O2/c1-4-9(2)12-11(14)13-7-5-10(15-3)6-8-13/h9-10H,4-8H2,1-3H3,(H,12,14)/t9-/m1/s1. The van der Waals surface area contributed by atoms with Gasteiger partial charge in [-0.25, -0.2) is 4.79 Å².